The van der Waals surface area contributed by atoms with E-state index in [1.807, 2.05) is 6.07 Å². The molecule has 0 aliphatic heterocycles. The third-order valence-electron chi connectivity index (χ3n) is 3.97. The van der Waals surface area contributed by atoms with Gasteiger partial charge in [-0.3, -0.25) is 4.79 Å². The van der Waals surface area contributed by atoms with Gasteiger partial charge in [-0.15, -0.1) is 0 Å². The Morgan fingerprint density at radius 1 is 1.35 bits per heavy atom. The Bertz CT molecular complexity index is 472. The van der Waals surface area contributed by atoms with Crippen LogP contribution in [0.25, 0.3) is 0 Å². The van der Waals surface area contributed by atoms with Gasteiger partial charge in [-0.25, -0.2) is 0 Å². The molecule has 0 bridgehead atoms. The van der Waals surface area contributed by atoms with E-state index in [9.17, 15) is 9.59 Å². The van der Waals surface area contributed by atoms with Gasteiger partial charge in [0, 0.05) is 23.3 Å². The SMILES string of the molecule is CCc1ccc2c(c1)C(=O)C(CC=O)C2(C)C. The molecule has 0 aromatic heterocycles. The van der Waals surface area contributed by atoms with Gasteiger partial charge in [-0.05, 0) is 23.6 Å². The average Bonchev–Trinajstić information content (AvgIpc) is 2.50. The van der Waals surface area contributed by atoms with Gasteiger partial charge < -0.3 is 4.79 Å². The number of rotatable bonds is 3. The number of carbonyl (C=O) groups is 2. The minimum atomic E-state index is -0.223. The average molecular weight is 230 g/mol. The Morgan fingerprint density at radius 3 is 2.65 bits per heavy atom. The highest BCUT2D eigenvalue weighted by Gasteiger charge is 2.45. The number of aryl methyl sites for hydroxylation is 1. The lowest BCUT2D eigenvalue weighted by atomic mass is 9.77. The summed E-state index contributed by atoms with van der Waals surface area (Å²) in [4.78, 5) is 23.0. The Morgan fingerprint density at radius 2 is 2.06 bits per heavy atom. The highest BCUT2D eigenvalue weighted by atomic mass is 16.1. The van der Waals surface area contributed by atoms with Crippen molar-refractivity contribution in [1.82, 2.24) is 0 Å². The van der Waals surface area contributed by atoms with Crippen molar-refractivity contribution in [3.8, 4) is 0 Å². The molecule has 1 atom stereocenters. The zero-order valence-corrected chi connectivity index (χ0v) is 10.6. The summed E-state index contributed by atoms with van der Waals surface area (Å²) in [6, 6.07) is 6.12. The molecular weight excluding hydrogens is 212 g/mol. The van der Waals surface area contributed by atoms with E-state index in [0.717, 1.165) is 23.8 Å². The number of Topliss-reactive ketones (excluding diaryl/α,β-unsaturated/α-hetero) is 1. The fourth-order valence-electron chi connectivity index (χ4n) is 2.78. The molecule has 90 valence electrons. The van der Waals surface area contributed by atoms with Crippen LogP contribution in [0.3, 0.4) is 0 Å². The summed E-state index contributed by atoms with van der Waals surface area (Å²) in [7, 11) is 0. The minimum absolute atomic E-state index is 0.132. The summed E-state index contributed by atoms with van der Waals surface area (Å²) in [5.74, 6) is -0.0606. The van der Waals surface area contributed by atoms with Crippen LogP contribution in [0.15, 0.2) is 18.2 Å². The van der Waals surface area contributed by atoms with E-state index in [1.165, 1.54) is 5.56 Å². The summed E-state index contributed by atoms with van der Waals surface area (Å²) in [5, 5.41) is 0. The molecule has 0 saturated carbocycles. The Labute approximate surface area is 102 Å². The second-order valence-electron chi connectivity index (χ2n) is 5.27. The molecule has 1 aliphatic rings. The predicted octanol–water partition coefficient (Wildman–Crippen LogP) is 2.93. The van der Waals surface area contributed by atoms with Crippen LogP contribution in [-0.4, -0.2) is 12.1 Å². The van der Waals surface area contributed by atoms with E-state index in [0.29, 0.717) is 6.42 Å². The van der Waals surface area contributed by atoms with Crippen LogP contribution >= 0.6 is 0 Å². The first-order chi connectivity index (χ1) is 8.02. The normalized spacial score (nSPS) is 21.4. The molecule has 1 aromatic rings. The first-order valence-corrected chi connectivity index (χ1v) is 6.13. The molecule has 0 radical (unpaired) electrons. The maximum atomic E-state index is 12.3. The van der Waals surface area contributed by atoms with E-state index in [-0.39, 0.29) is 17.1 Å². The number of hydrogen-bond acceptors (Lipinski definition) is 2. The van der Waals surface area contributed by atoms with Gasteiger partial charge in [0.15, 0.2) is 5.78 Å². The number of carbonyl (C=O) groups excluding carboxylic acids is 2. The van der Waals surface area contributed by atoms with Gasteiger partial charge in [0.05, 0.1) is 0 Å². The third kappa shape index (κ3) is 1.72. The van der Waals surface area contributed by atoms with Crippen molar-refractivity contribution in [1.29, 1.82) is 0 Å². The fourth-order valence-corrected chi connectivity index (χ4v) is 2.78. The van der Waals surface area contributed by atoms with Crippen LogP contribution in [0.1, 0.15) is 48.7 Å². The van der Waals surface area contributed by atoms with E-state index in [4.69, 9.17) is 0 Å². The highest BCUT2D eigenvalue weighted by Crippen LogP contribution is 2.44. The lowest BCUT2D eigenvalue weighted by Crippen LogP contribution is -2.27. The van der Waals surface area contributed by atoms with E-state index in [1.54, 1.807) is 0 Å². The Kier molecular flexibility index (Phi) is 2.90. The van der Waals surface area contributed by atoms with Gasteiger partial charge in [-0.2, -0.15) is 0 Å². The topological polar surface area (TPSA) is 34.1 Å². The van der Waals surface area contributed by atoms with Crippen LogP contribution in [0, 0.1) is 5.92 Å². The molecule has 17 heavy (non-hydrogen) atoms. The van der Waals surface area contributed by atoms with Crippen molar-refractivity contribution in [2.75, 3.05) is 0 Å². The Hall–Kier alpha value is -1.44. The van der Waals surface area contributed by atoms with Crippen LogP contribution in [-0.2, 0) is 16.6 Å². The molecule has 0 heterocycles. The van der Waals surface area contributed by atoms with Gasteiger partial charge >= 0.3 is 0 Å². The molecule has 1 aromatic carbocycles. The van der Waals surface area contributed by atoms with E-state index < -0.39 is 0 Å². The van der Waals surface area contributed by atoms with E-state index in [2.05, 4.69) is 32.9 Å². The highest BCUT2D eigenvalue weighted by molar-refractivity contribution is 6.05. The van der Waals surface area contributed by atoms with Crippen molar-refractivity contribution in [3.63, 3.8) is 0 Å². The van der Waals surface area contributed by atoms with Crippen LogP contribution in [0.4, 0.5) is 0 Å². The van der Waals surface area contributed by atoms with Gasteiger partial charge in [0.2, 0.25) is 0 Å². The molecular formula is C15H18O2. The van der Waals surface area contributed by atoms with Gasteiger partial charge in [0.25, 0.3) is 0 Å². The Balaban J connectivity index is 2.53. The molecule has 0 saturated heterocycles. The molecule has 2 nitrogen and oxygen atoms in total. The maximum absolute atomic E-state index is 12.3. The zero-order chi connectivity index (χ0) is 12.6. The molecule has 0 fully saturated rings. The predicted molar refractivity (Wildman–Crippen MR) is 67.3 cm³/mol. The van der Waals surface area contributed by atoms with Crippen LogP contribution < -0.4 is 0 Å². The second kappa shape index (κ2) is 4.10. The molecule has 1 aliphatic carbocycles. The number of fused-ring (bicyclic) bond motifs is 1. The van der Waals surface area contributed by atoms with Crippen molar-refractivity contribution >= 4 is 12.1 Å². The maximum Gasteiger partial charge on any atom is 0.167 e. The number of benzene rings is 1. The molecule has 0 spiro atoms. The minimum Gasteiger partial charge on any atom is -0.303 e. The molecule has 1 unspecified atom stereocenters. The molecule has 2 heteroatoms. The first kappa shape index (κ1) is 12.0. The summed E-state index contributed by atoms with van der Waals surface area (Å²) < 4.78 is 0. The second-order valence-corrected chi connectivity index (χ2v) is 5.27. The number of ketones is 1. The largest absolute Gasteiger partial charge is 0.303 e. The number of aldehydes is 1. The van der Waals surface area contributed by atoms with Crippen molar-refractivity contribution in [2.45, 2.75) is 39.0 Å². The molecule has 0 amide bonds. The van der Waals surface area contributed by atoms with Crippen LogP contribution in [0.5, 0.6) is 0 Å². The monoisotopic (exact) mass is 230 g/mol. The van der Waals surface area contributed by atoms with Gasteiger partial charge in [-0.1, -0.05) is 32.9 Å². The smallest absolute Gasteiger partial charge is 0.167 e. The van der Waals surface area contributed by atoms with Crippen molar-refractivity contribution in [3.05, 3.63) is 34.9 Å². The van der Waals surface area contributed by atoms with Crippen molar-refractivity contribution < 1.29 is 9.59 Å². The lowest BCUT2D eigenvalue weighted by molar-refractivity contribution is -0.108. The lowest BCUT2D eigenvalue weighted by Gasteiger charge is -2.25. The summed E-state index contributed by atoms with van der Waals surface area (Å²) >= 11 is 0. The van der Waals surface area contributed by atoms with E-state index >= 15 is 0 Å². The zero-order valence-electron chi connectivity index (χ0n) is 10.6. The first-order valence-electron chi connectivity index (χ1n) is 6.13. The van der Waals surface area contributed by atoms with Crippen molar-refractivity contribution in [2.24, 2.45) is 5.92 Å². The number of hydrogen-bond donors (Lipinski definition) is 0. The fraction of sp³-hybridized carbons (Fsp3) is 0.467. The quantitative estimate of drug-likeness (QED) is 0.748. The third-order valence-corrected chi connectivity index (χ3v) is 3.97. The standard InChI is InChI=1S/C15H18O2/c1-4-10-5-6-12-11(9-10)14(17)13(7-8-16)15(12,2)3/h5-6,8-9,13H,4,7H2,1-3H3. The van der Waals surface area contributed by atoms with Gasteiger partial charge in [0.1, 0.15) is 6.29 Å². The molecule has 2 rings (SSSR count). The summed E-state index contributed by atoms with van der Waals surface area (Å²) in [6.07, 6.45) is 2.11. The summed E-state index contributed by atoms with van der Waals surface area (Å²) in [6.45, 7) is 6.18. The summed E-state index contributed by atoms with van der Waals surface area (Å²) in [5.41, 5.74) is 2.87. The molecule has 0 N–H and O–H groups in total. The van der Waals surface area contributed by atoms with Crippen LogP contribution in [0.2, 0.25) is 0 Å².